The van der Waals surface area contributed by atoms with E-state index in [-0.39, 0.29) is 129 Å². The maximum atomic E-state index is 12.1. The summed E-state index contributed by atoms with van der Waals surface area (Å²) >= 11 is 0. The molecule has 18 aromatic rings. The van der Waals surface area contributed by atoms with Crippen LogP contribution < -0.4 is 26.2 Å². The van der Waals surface area contributed by atoms with Gasteiger partial charge < -0.3 is 23.5 Å². The fourth-order valence-corrected chi connectivity index (χ4v) is 19.1. The molecule has 0 saturated heterocycles. The van der Waals surface area contributed by atoms with Crippen molar-refractivity contribution >= 4 is 123 Å². The average molecular weight is 1820 g/mol. The van der Waals surface area contributed by atoms with E-state index in [2.05, 4.69) is 58.2 Å². The van der Waals surface area contributed by atoms with Crippen LogP contribution in [0, 0.1) is 0 Å². The third-order valence-corrected chi connectivity index (χ3v) is 26.6. The second-order valence-corrected chi connectivity index (χ2v) is 47.3. The molecular formula is C130H138BN5. The Morgan fingerprint density at radius 2 is 0.500 bits per heavy atom. The molecule has 15 aromatic carbocycles. The van der Waals surface area contributed by atoms with Gasteiger partial charge in [0.1, 0.15) is 0 Å². The lowest BCUT2D eigenvalue weighted by molar-refractivity contribution is 0.569. The van der Waals surface area contributed by atoms with Gasteiger partial charge in [-0.2, -0.15) is 0 Å². The second kappa shape index (κ2) is 31.5. The average Bonchev–Trinajstić information content (AvgIpc) is 0.989. The first kappa shape index (κ1) is 59.4. The van der Waals surface area contributed by atoms with Gasteiger partial charge in [0.15, 0.2) is 0 Å². The van der Waals surface area contributed by atoms with E-state index in [1.54, 1.807) is 177 Å². The molecule has 686 valence electrons. The Bertz CT molecular complexity index is 9840. The van der Waals surface area contributed by atoms with Crippen LogP contribution in [0.2, 0.25) is 0 Å². The fraction of sp³-hybridized carbons (Fsp3) is 0.308. The first-order chi connectivity index (χ1) is 78.0. The molecule has 0 bridgehead atoms. The minimum Gasteiger partial charge on any atom is -0.310 e. The highest BCUT2D eigenvalue weighted by Crippen LogP contribution is 2.59. The summed E-state index contributed by atoms with van der Waals surface area (Å²) in [5, 5.41) is -0.165. The summed E-state index contributed by atoms with van der Waals surface area (Å²) < 4.78 is 367. The topological polar surface area (TPSA) is 21.3 Å². The summed E-state index contributed by atoms with van der Waals surface area (Å²) in [5.74, 6) is 0. The van der Waals surface area contributed by atoms with Gasteiger partial charge in [-0.1, -0.05) is 389 Å². The van der Waals surface area contributed by atoms with E-state index >= 15 is 0 Å². The third kappa shape index (κ3) is 15.4. The molecule has 0 spiro atoms. The van der Waals surface area contributed by atoms with Gasteiger partial charge in [-0.05, 0) is 257 Å². The number of anilines is 6. The van der Waals surface area contributed by atoms with Crippen molar-refractivity contribution in [3.05, 3.63) is 346 Å². The van der Waals surface area contributed by atoms with Crippen LogP contribution in [-0.2, 0) is 54.1 Å². The molecule has 0 fully saturated rings. The zero-order valence-electron chi connectivity index (χ0n) is 118. The Kier molecular flexibility index (Phi) is 13.7. The zero-order valence-corrected chi connectivity index (χ0v) is 83.9. The quantitative estimate of drug-likeness (QED) is 0.134. The Labute approximate surface area is 858 Å². The number of aromatic nitrogens is 3. The molecule has 5 heterocycles. The van der Waals surface area contributed by atoms with Gasteiger partial charge in [-0.15, -0.1) is 0 Å². The monoisotopic (exact) mass is 1810 g/mol. The molecule has 0 saturated carbocycles. The molecule has 6 heteroatoms. The lowest BCUT2D eigenvalue weighted by atomic mass is 9.33. The molecule has 0 N–H and O–H groups in total. The number of hydrogen-bond acceptors (Lipinski definition) is 2. The Hall–Kier alpha value is -12.6. The van der Waals surface area contributed by atoms with Crippen LogP contribution in [0.15, 0.2) is 290 Å². The van der Waals surface area contributed by atoms with E-state index in [4.69, 9.17) is 0 Å². The molecule has 0 atom stereocenters. The predicted molar refractivity (Wildman–Crippen MR) is 592 cm³/mol. The van der Waals surface area contributed by atoms with E-state index in [0.717, 1.165) is 21.9 Å². The van der Waals surface area contributed by atoms with E-state index < -0.39 is 332 Å². The highest BCUT2D eigenvalue weighted by molar-refractivity contribution is 7.00. The summed E-state index contributed by atoms with van der Waals surface area (Å²) in [5.41, 5.74) is -16.3. The van der Waals surface area contributed by atoms with Crippen molar-refractivity contribution in [2.45, 2.75) is 262 Å². The van der Waals surface area contributed by atoms with Crippen LogP contribution in [0.25, 0.3) is 127 Å². The normalized spacial score (nSPS) is 17.3. The van der Waals surface area contributed by atoms with Gasteiger partial charge >= 0.3 is 0 Å². The van der Waals surface area contributed by atoms with E-state index in [9.17, 15) is 46.6 Å². The summed E-state index contributed by atoms with van der Waals surface area (Å²) in [6.45, 7) is 52.9. The first-order valence-corrected chi connectivity index (χ1v) is 47.1. The molecule has 2 aliphatic heterocycles. The molecule has 0 amide bonds. The van der Waals surface area contributed by atoms with Crippen LogP contribution >= 0.6 is 0 Å². The number of benzene rings is 15. The van der Waals surface area contributed by atoms with E-state index in [1.807, 2.05) is 42.5 Å². The van der Waals surface area contributed by atoms with E-state index in [0.29, 0.717) is 16.7 Å². The molecule has 20 rings (SSSR count). The van der Waals surface area contributed by atoms with Crippen molar-refractivity contribution in [3.8, 4) is 61.6 Å². The lowest BCUT2D eigenvalue weighted by Gasteiger charge is -2.46. The molecule has 136 heavy (non-hydrogen) atoms. The summed E-state index contributed by atoms with van der Waals surface area (Å²) in [6.07, 6.45) is 0. The predicted octanol–water partition coefficient (Wildman–Crippen LogP) is 34.7. The van der Waals surface area contributed by atoms with Crippen LogP contribution in [0.4, 0.5) is 34.1 Å². The number of fused-ring (bicyclic) bond motifs is 13. The summed E-state index contributed by atoms with van der Waals surface area (Å²) in [4.78, 5) is 3.10. The largest absolute Gasteiger partial charge is 0.310 e. The molecule has 2 aliphatic rings. The number of nitrogens with zero attached hydrogens (tertiary/aromatic N) is 5. The van der Waals surface area contributed by atoms with Gasteiger partial charge in [0.05, 0.1) is 96.8 Å². The smallest absolute Gasteiger partial charge is 0.252 e. The molecule has 0 unspecified atom stereocenters. The summed E-state index contributed by atoms with van der Waals surface area (Å²) in [6, 6.07) is 1.60. The minimum absolute atomic E-state index is 0.0129. The van der Waals surface area contributed by atoms with Gasteiger partial charge in [0.2, 0.25) is 0 Å². The van der Waals surface area contributed by atoms with Crippen molar-refractivity contribution in [1.29, 1.82) is 0 Å². The van der Waals surface area contributed by atoms with Crippen LogP contribution in [0.5, 0.6) is 0 Å². The number of hydrogen-bond donors (Lipinski definition) is 0. The molecular weight excluding hydrogens is 1640 g/mol. The zero-order chi connectivity index (χ0) is 126. The van der Waals surface area contributed by atoms with Gasteiger partial charge in [0.25, 0.3) is 6.71 Å². The Morgan fingerprint density at radius 1 is 0.213 bits per heavy atom. The maximum Gasteiger partial charge on any atom is 0.252 e. The maximum absolute atomic E-state index is 12.1. The Morgan fingerprint density at radius 3 is 0.816 bits per heavy atom. The number of para-hydroxylation sites is 4. The standard InChI is InChI=1S/C130H138BN5/c1-121(2,3)81-51-47-79(48-52-81)98-69-87(127(19,20)21)71-102(92-61-55-85(125(13,14)15)73-104(92)129(25,26)27)119(98)135-114-75-89(132-108-43-35-31-39-94(108)95-40-32-36-44-109(95)132)59-63-106(114)131-107-64-60-90(133-112-65-57-83(123(7,8)9)67-100(112)101-68-84(124(10,11)12)58-66-113(101)133)76-115(107)136(117-78-91(77-116(135)118(117)131)134-110-45-37-33-41-96(110)97-42-34-38-46-111(97)134)120-99(80-49-53-82(54-50-80)122(4,5)6)70-88(128(22,23)24)72-103(120)93-62-56-86(126(16,17)18)74-105(93)130(28,29)30/h31-78H,1-30H3/i31D,32D,33D,34D,35D,36D,37D,38D,39D,40D,41D,42D,43D,44D,45D,46D,47D,48D,49D,50D,51D,52D,53D,54D,55D,56D,61D,62D,69D,70D,71D,72D,73D,74D. The molecule has 0 radical (unpaired) electrons. The van der Waals surface area contributed by atoms with Crippen LogP contribution in [0.1, 0.15) is 310 Å². The third-order valence-electron chi connectivity index (χ3n) is 26.6. The molecule has 3 aromatic heterocycles. The van der Waals surface area contributed by atoms with Gasteiger partial charge in [0, 0.05) is 88.7 Å². The van der Waals surface area contributed by atoms with Crippen molar-refractivity contribution in [1.82, 2.24) is 13.7 Å². The van der Waals surface area contributed by atoms with Crippen LogP contribution in [-0.4, -0.2) is 20.4 Å². The second-order valence-electron chi connectivity index (χ2n) is 47.3. The Balaban J connectivity index is 1.19. The highest BCUT2D eigenvalue weighted by atomic mass is 15.2. The van der Waals surface area contributed by atoms with E-state index in [1.165, 1.54) is 38.3 Å². The highest BCUT2D eigenvalue weighted by Gasteiger charge is 2.48. The fourth-order valence-electron chi connectivity index (χ4n) is 19.1. The van der Waals surface area contributed by atoms with Crippen molar-refractivity contribution < 1.29 is 46.6 Å². The van der Waals surface area contributed by atoms with Crippen molar-refractivity contribution in [3.63, 3.8) is 0 Å². The van der Waals surface area contributed by atoms with Gasteiger partial charge in [-0.25, -0.2) is 0 Å². The lowest BCUT2D eigenvalue weighted by Crippen LogP contribution is -2.61. The van der Waals surface area contributed by atoms with Crippen LogP contribution in [0.3, 0.4) is 0 Å². The van der Waals surface area contributed by atoms with Gasteiger partial charge in [-0.3, -0.25) is 0 Å². The van der Waals surface area contributed by atoms with Crippen molar-refractivity contribution in [2.75, 3.05) is 9.80 Å². The summed E-state index contributed by atoms with van der Waals surface area (Å²) in [7, 11) is 0. The molecule has 0 aliphatic carbocycles. The molecule has 5 nitrogen and oxygen atoms in total. The SMILES string of the molecule is [2H]c1c([2H])c(C(C)(C)C)c([2H])c([2H])c1-c1c([2H])c(C(C)(C)C)c([2H])c(-c2c([2H])c([2H])c(C(C)(C)C)c([2H])c2C(C)(C)C)c1N1c2cc(-n3c4ccc(C(C)(C)C)cc4c4cc(C(C)(C)C)ccc43)ccc2B2c3ccc(-n4c5c([2H])c([2H])c([2H])c([2H])c5c5c([2H])c([2H])c([2H])c([2H])c54)cc3N(c3c(-c4c([2H])c([2H])c(C(C)(C)C)c([2H])c4[2H])c([2H])c(C(C)(C)C)c([2H])c3-c3c([2H])c([2H])c(C(C)(C)C)c([2H])c3C(C)(C)C)c3cc(-n4c5c([2H])c([2H])c([2H])c([2H])c5c5c([2H])c([2H])c([2H])c([2H])c54)cc1c32. The van der Waals surface area contributed by atoms with Crippen molar-refractivity contribution in [2.24, 2.45) is 0 Å². The number of rotatable bonds is 9. The first-order valence-electron chi connectivity index (χ1n) is 64.1. The minimum atomic E-state index is -1.60.